The molecule has 0 fully saturated rings. The molecule has 2 N–H and O–H groups in total. The first-order chi connectivity index (χ1) is 14.3. The van der Waals surface area contributed by atoms with Gasteiger partial charge in [0.1, 0.15) is 5.54 Å². The Labute approximate surface area is 181 Å². The van der Waals surface area contributed by atoms with Crippen LogP contribution >= 0.6 is 11.6 Å². The van der Waals surface area contributed by atoms with Gasteiger partial charge in [0.2, 0.25) is 5.91 Å². The summed E-state index contributed by atoms with van der Waals surface area (Å²) in [5, 5.41) is 0.404. The third kappa shape index (κ3) is 3.53. The largest absolute Gasteiger partial charge is 0.332 e. The summed E-state index contributed by atoms with van der Waals surface area (Å²) in [6, 6.07) is 20.8. The summed E-state index contributed by atoms with van der Waals surface area (Å²) in [7, 11) is 0. The molecule has 0 saturated carbocycles. The molecule has 30 heavy (non-hydrogen) atoms. The molecule has 1 aliphatic rings. The van der Waals surface area contributed by atoms with Gasteiger partial charge in [-0.1, -0.05) is 72.3 Å². The molecule has 1 aliphatic heterocycles. The summed E-state index contributed by atoms with van der Waals surface area (Å²) in [5.74, 6) is -0.185. The van der Waals surface area contributed by atoms with E-state index >= 15 is 0 Å². The fraction of sp³-hybridized carbons (Fsp3) is 0.200. The molecule has 1 amide bonds. The zero-order valence-electron chi connectivity index (χ0n) is 17.0. The molecule has 0 saturated heterocycles. The van der Waals surface area contributed by atoms with Crippen LogP contribution in [0.15, 0.2) is 66.7 Å². The van der Waals surface area contributed by atoms with Gasteiger partial charge in [0, 0.05) is 23.7 Å². The molecule has 0 aromatic heterocycles. The average Bonchev–Trinajstić information content (AvgIpc) is 3.17. The van der Waals surface area contributed by atoms with E-state index in [1.54, 1.807) is 36.9 Å². The fourth-order valence-electron chi connectivity index (χ4n) is 4.07. The van der Waals surface area contributed by atoms with Gasteiger partial charge in [0.05, 0.1) is 0 Å². The SMILES string of the molecule is CC(=O)c1ccccc1-c1ccc(C(C)(N)C(=O)N2Cc3ccccc3C2)c(Cl)c1. The van der Waals surface area contributed by atoms with Gasteiger partial charge in [-0.3, -0.25) is 9.59 Å². The first kappa shape index (κ1) is 20.3. The molecule has 0 spiro atoms. The van der Waals surface area contributed by atoms with Crippen LogP contribution < -0.4 is 5.73 Å². The number of hydrogen-bond donors (Lipinski definition) is 1. The fourth-order valence-corrected chi connectivity index (χ4v) is 4.44. The minimum atomic E-state index is -1.27. The molecule has 3 aromatic carbocycles. The predicted octanol–water partition coefficient (Wildman–Crippen LogP) is 4.93. The number of nitrogens with zero attached hydrogens (tertiary/aromatic N) is 1. The second-order valence-corrected chi connectivity index (χ2v) is 8.34. The van der Waals surface area contributed by atoms with Crippen LogP contribution in [0.25, 0.3) is 11.1 Å². The number of carbonyl (C=O) groups excluding carboxylic acids is 2. The Hall–Kier alpha value is -2.95. The lowest BCUT2D eigenvalue weighted by molar-refractivity contribution is -0.137. The number of hydrogen-bond acceptors (Lipinski definition) is 3. The molecule has 4 nitrogen and oxygen atoms in total. The quantitative estimate of drug-likeness (QED) is 0.611. The van der Waals surface area contributed by atoms with E-state index < -0.39 is 5.54 Å². The maximum absolute atomic E-state index is 13.3. The lowest BCUT2D eigenvalue weighted by Gasteiger charge is -2.30. The number of carbonyl (C=O) groups is 2. The zero-order valence-corrected chi connectivity index (χ0v) is 17.7. The van der Waals surface area contributed by atoms with E-state index in [0.717, 1.165) is 22.3 Å². The van der Waals surface area contributed by atoms with Crippen LogP contribution in [0.3, 0.4) is 0 Å². The smallest absolute Gasteiger partial charge is 0.247 e. The molecule has 3 aromatic rings. The van der Waals surface area contributed by atoms with Gasteiger partial charge in [0.25, 0.3) is 0 Å². The summed E-state index contributed by atoms with van der Waals surface area (Å²) in [5.41, 5.74) is 10.4. The number of fused-ring (bicyclic) bond motifs is 1. The third-order valence-electron chi connectivity index (χ3n) is 5.72. The van der Waals surface area contributed by atoms with Gasteiger partial charge in [-0.2, -0.15) is 0 Å². The van der Waals surface area contributed by atoms with Gasteiger partial charge in [0.15, 0.2) is 5.78 Å². The van der Waals surface area contributed by atoms with E-state index in [1.807, 2.05) is 48.5 Å². The van der Waals surface area contributed by atoms with Gasteiger partial charge in [-0.15, -0.1) is 0 Å². The Kier molecular flexibility index (Phi) is 5.22. The number of amides is 1. The third-order valence-corrected chi connectivity index (χ3v) is 6.03. The van der Waals surface area contributed by atoms with Crippen LogP contribution in [-0.2, 0) is 23.4 Å². The Bertz CT molecular complexity index is 1130. The molecule has 5 heteroatoms. The Morgan fingerprint density at radius 1 is 0.967 bits per heavy atom. The zero-order chi connectivity index (χ0) is 21.5. The summed E-state index contributed by atoms with van der Waals surface area (Å²) >= 11 is 6.60. The first-order valence-corrected chi connectivity index (χ1v) is 10.2. The second-order valence-electron chi connectivity index (χ2n) is 7.93. The number of benzene rings is 3. The highest BCUT2D eigenvalue weighted by molar-refractivity contribution is 6.32. The minimum Gasteiger partial charge on any atom is -0.332 e. The van der Waals surface area contributed by atoms with Crippen molar-refractivity contribution in [3.63, 3.8) is 0 Å². The number of ketones is 1. The lowest BCUT2D eigenvalue weighted by Crippen LogP contribution is -2.49. The maximum atomic E-state index is 13.3. The number of rotatable bonds is 4. The van der Waals surface area contributed by atoms with E-state index in [9.17, 15) is 9.59 Å². The lowest BCUT2D eigenvalue weighted by atomic mass is 9.89. The first-order valence-electron chi connectivity index (χ1n) is 9.84. The van der Waals surface area contributed by atoms with Gasteiger partial charge in [-0.25, -0.2) is 0 Å². The maximum Gasteiger partial charge on any atom is 0.247 e. The van der Waals surface area contributed by atoms with Crippen molar-refractivity contribution in [2.45, 2.75) is 32.5 Å². The highest BCUT2D eigenvalue weighted by Gasteiger charge is 2.38. The van der Waals surface area contributed by atoms with Crippen molar-refractivity contribution in [3.05, 3.63) is 94.0 Å². The van der Waals surface area contributed by atoms with Gasteiger partial charge in [-0.05, 0) is 47.7 Å². The van der Waals surface area contributed by atoms with E-state index in [-0.39, 0.29) is 11.7 Å². The van der Waals surface area contributed by atoms with E-state index in [1.165, 1.54) is 0 Å². The minimum absolute atomic E-state index is 0.0155. The van der Waals surface area contributed by atoms with Crippen molar-refractivity contribution in [1.29, 1.82) is 0 Å². The molecule has 1 atom stereocenters. The summed E-state index contributed by atoms with van der Waals surface area (Å²) in [6.45, 7) is 4.33. The summed E-state index contributed by atoms with van der Waals surface area (Å²) in [4.78, 5) is 27.0. The normalized spacial score (nSPS) is 14.9. The van der Waals surface area contributed by atoms with Crippen LogP contribution in [0, 0.1) is 0 Å². The molecular weight excluding hydrogens is 396 g/mol. The van der Waals surface area contributed by atoms with Crippen molar-refractivity contribution in [3.8, 4) is 11.1 Å². The van der Waals surface area contributed by atoms with Gasteiger partial charge >= 0.3 is 0 Å². The highest BCUT2D eigenvalue weighted by atomic mass is 35.5. The van der Waals surface area contributed by atoms with E-state index in [0.29, 0.717) is 29.2 Å². The van der Waals surface area contributed by atoms with Crippen LogP contribution in [0.1, 0.15) is 40.9 Å². The van der Waals surface area contributed by atoms with E-state index in [4.69, 9.17) is 17.3 Å². The average molecular weight is 419 g/mol. The molecule has 1 unspecified atom stereocenters. The Morgan fingerprint density at radius 2 is 1.57 bits per heavy atom. The van der Waals surface area contributed by atoms with Gasteiger partial charge < -0.3 is 10.6 Å². The number of halogens is 1. The highest BCUT2D eigenvalue weighted by Crippen LogP contribution is 2.35. The van der Waals surface area contributed by atoms with Crippen molar-refractivity contribution in [1.82, 2.24) is 4.90 Å². The Morgan fingerprint density at radius 3 is 2.17 bits per heavy atom. The monoisotopic (exact) mass is 418 g/mol. The Balaban J connectivity index is 1.64. The predicted molar refractivity (Wildman–Crippen MR) is 119 cm³/mol. The van der Waals surface area contributed by atoms with Crippen molar-refractivity contribution >= 4 is 23.3 Å². The molecule has 4 rings (SSSR count). The van der Waals surface area contributed by atoms with Crippen LogP contribution in [0.4, 0.5) is 0 Å². The van der Waals surface area contributed by atoms with Crippen LogP contribution in [-0.4, -0.2) is 16.6 Å². The molecular formula is C25H23ClN2O2. The summed E-state index contributed by atoms with van der Waals surface area (Å²) in [6.07, 6.45) is 0. The topological polar surface area (TPSA) is 63.4 Å². The van der Waals surface area contributed by atoms with Crippen molar-refractivity contribution in [2.75, 3.05) is 0 Å². The number of Topliss-reactive ketones (excluding diaryl/α,β-unsaturated/α-hetero) is 1. The molecule has 152 valence electrons. The van der Waals surface area contributed by atoms with Crippen LogP contribution in [0.5, 0.6) is 0 Å². The van der Waals surface area contributed by atoms with Crippen molar-refractivity contribution in [2.24, 2.45) is 5.73 Å². The second kappa shape index (κ2) is 7.71. The molecule has 1 heterocycles. The molecule has 0 radical (unpaired) electrons. The van der Waals surface area contributed by atoms with E-state index in [2.05, 4.69) is 0 Å². The standard InChI is InChI=1S/C25H23ClN2O2/c1-16(29)20-9-5-6-10-21(20)17-11-12-22(23(26)13-17)25(2,27)24(30)28-14-18-7-3-4-8-19(18)15-28/h3-13H,14-15,27H2,1-2H3. The van der Waals surface area contributed by atoms with Crippen LogP contribution in [0.2, 0.25) is 5.02 Å². The summed E-state index contributed by atoms with van der Waals surface area (Å²) < 4.78 is 0. The molecule has 0 aliphatic carbocycles. The number of nitrogens with two attached hydrogens (primary N) is 1. The molecule has 0 bridgehead atoms. The van der Waals surface area contributed by atoms with Crippen molar-refractivity contribution < 1.29 is 9.59 Å².